The molecule has 0 saturated heterocycles. The van der Waals surface area contributed by atoms with Crippen molar-refractivity contribution >= 4 is 17.4 Å². The molecule has 0 aromatic heterocycles. The van der Waals surface area contributed by atoms with Gasteiger partial charge < -0.3 is 5.32 Å². The van der Waals surface area contributed by atoms with Gasteiger partial charge in [0.15, 0.2) is 0 Å². The summed E-state index contributed by atoms with van der Waals surface area (Å²) in [5, 5.41) is 3.40. The standard InChI is InChI=1S/C15H17NS/c1-2-4-12(5-3-1)11-17-14-6-7-15-13(10-14)8-9-16-15/h2,4-7,10,16H,1,3,8-9,11H2. The number of fused-ring (bicyclic) bond motifs is 1. The summed E-state index contributed by atoms with van der Waals surface area (Å²) in [5.41, 5.74) is 4.27. The van der Waals surface area contributed by atoms with E-state index in [0.717, 1.165) is 12.3 Å². The number of anilines is 1. The van der Waals surface area contributed by atoms with Gasteiger partial charge in [-0.2, -0.15) is 0 Å². The highest BCUT2D eigenvalue weighted by Gasteiger charge is 2.10. The topological polar surface area (TPSA) is 12.0 Å². The minimum Gasteiger partial charge on any atom is -0.384 e. The molecule has 2 aliphatic rings. The fourth-order valence-electron chi connectivity index (χ4n) is 2.31. The third-order valence-corrected chi connectivity index (χ3v) is 4.33. The zero-order valence-electron chi connectivity index (χ0n) is 9.91. The van der Waals surface area contributed by atoms with Crippen molar-refractivity contribution in [1.82, 2.24) is 0 Å². The molecule has 17 heavy (non-hydrogen) atoms. The molecule has 0 atom stereocenters. The van der Waals surface area contributed by atoms with Gasteiger partial charge in [0.05, 0.1) is 0 Å². The summed E-state index contributed by atoms with van der Waals surface area (Å²) >= 11 is 1.95. The van der Waals surface area contributed by atoms with Gasteiger partial charge in [0.2, 0.25) is 0 Å². The van der Waals surface area contributed by atoms with Crippen LogP contribution in [0.5, 0.6) is 0 Å². The van der Waals surface area contributed by atoms with E-state index in [2.05, 4.69) is 41.7 Å². The minimum absolute atomic E-state index is 1.09. The molecule has 0 fully saturated rings. The zero-order chi connectivity index (χ0) is 11.5. The molecule has 0 bridgehead atoms. The van der Waals surface area contributed by atoms with Crippen molar-refractivity contribution in [3.8, 4) is 0 Å². The average molecular weight is 243 g/mol. The van der Waals surface area contributed by atoms with Crippen molar-refractivity contribution < 1.29 is 0 Å². The van der Waals surface area contributed by atoms with Gasteiger partial charge in [-0.1, -0.05) is 18.2 Å². The highest BCUT2D eigenvalue weighted by atomic mass is 32.2. The summed E-state index contributed by atoms with van der Waals surface area (Å²) in [5.74, 6) is 1.10. The molecule has 88 valence electrons. The van der Waals surface area contributed by atoms with Gasteiger partial charge in [-0.05, 0) is 48.6 Å². The Morgan fingerprint density at radius 2 is 2.24 bits per heavy atom. The van der Waals surface area contributed by atoms with E-state index in [0.29, 0.717) is 0 Å². The summed E-state index contributed by atoms with van der Waals surface area (Å²) in [4.78, 5) is 1.40. The molecule has 1 aliphatic heterocycles. The number of hydrogen-bond acceptors (Lipinski definition) is 2. The molecule has 0 radical (unpaired) electrons. The van der Waals surface area contributed by atoms with Gasteiger partial charge in [0, 0.05) is 22.9 Å². The van der Waals surface area contributed by atoms with Crippen LogP contribution in [-0.2, 0) is 6.42 Å². The first-order chi connectivity index (χ1) is 8.42. The van der Waals surface area contributed by atoms with E-state index in [1.807, 2.05) is 11.8 Å². The van der Waals surface area contributed by atoms with E-state index in [1.165, 1.54) is 41.0 Å². The van der Waals surface area contributed by atoms with E-state index in [4.69, 9.17) is 0 Å². The smallest absolute Gasteiger partial charge is 0.0374 e. The number of thioether (sulfide) groups is 1. The number of nitrogens with one attached hydrogen (secondary N) is 1. The average Bonchev–Trinajstić information content (AvgIpc) is 2.85. The predicted molar refractivity (Wildman–Crippen MR) is 75.8 cm³/mol. The molecule has 1 nitrogen and oxygen atoms in total. The van der Waals surface area contributed by atoms with E-state index >= 15 is 0 Å². The lowest BCUT2D eigenvalue weighted by molar-refractivity contribution is 1.02. The van der Waals surface area contributed by atoms with E-state index in [-0.39, 0.29) is 0 Å². The zero-order valence-corrected chi connectivity index (χ0v) is 10.7. The SMILES string of the molecule is C1=CC(CSc2ccc3c(c2)CCN3)=CCC1. The van der Waals surface area contributed by atoms with Gasteiger partial charge in [0.25, 0.3) is 0 Å². The Kier molecular flexibility index (Phi) is 3.23. The molecule has 0 amide bonds. The molecule has 0 spiro atoms. The van der Waals surface area contributed by atoms with Crippen molar-refractivity contribution in [1.29, 1.82) is 0 Å². The molecule has 3 rings (SSSR count). The number of allylic oxidation sites excluding steroid dienone is 3. The number of hydrogen-bond donors (Lipinski definition) is 1. The van der Waals surface area contributed by atoms with Crippen LogP contribution in [0.15, 0.2) is 46.9 Å². The fourth-order valence-corrected chi connectivity index (χ4v) is 3.25. The van der Waals surface area contributed by atoms with E-state index < -0.39 is 0 Å². The molecule has 1 aromatic rings. The predicted octanol–water partition coefficient (Wildman–Crippen LogP) is 4.02. The molecule has 0 saturated carbocycles. The summed E-state index contributed by atoms with van der Waals surface area (Å²) in [6, 6.07) is 6.79. The van der Waals surface area contributed by atoms with Crippen molar-refractivity contribution in [3.05, 3.63) is 47.6 Å². The highest BCUT2D eigenvalue weighted by molar-refractivity contribution is 7.99. The lowest BCUT2D eigenvalue weighted by Gasteiger charge is -2.08. The second kappa shape index (κ2) is 5.01. The van der Waals surface area contributed by atoms with Crippen molar-refractivity contribution in [2.24, 2.45) is 0 Å². The Balaban J connectivity index is 1.65. The van der Waals surface area contributed by atoms with Crippen molar-refractivity contribution in [2.45, 2.75) is 24.2 Å². The minimum atomic E-state index is 1.09. The van der Waals surface area contributed by atoms with Gasteiger partial charge >= 0.3 is 0 Å². The molecule has 0 unspecified atom stereocenters. The first-order valence-corrected chi connectivity index (χ1v) is 7.25. The molecule has 1 aromatic carbocycles. The maximum absolute atomic E-state index is 3.40. The molecule has 1 heterocycles. The lowest BCUT2D eigenvalue weighted by Crippen LogP contribution is -1.90. The van der Waals surface area contributed by atoms with Gasteiger partial charge in [-0.15, -0.1) is 11.8 Å². The summed E-state index contributed by atoms with van der Waals surface area (Å²) in [6.07, 6.45) is 10.5. The Hall–Kier alpha value is -1.15. The Morgan fingerprint density at radius 3 is 3.12 bits per heavy atom. The third-order valence-electron chi connectivity index (χ3n) is 3.26. The summed E-state index contributed by atoms with van der Waals surface area (Å²) < 4.78 is 0. The normalized spacial score (nSPS) is 17.5. The van der Waals surface area contributed by atoms with Crippen LogP contribution in [0.3, 0.4) is 0 Å². The van der Waals surface area contributed by atoms with Crippen LogP contribution in [0, 0.1) is 0 Å². The van der Waals surface area contributed by atoms with E-state index in [1.54, 1.807) is 0 Å². The molecular weight excluding hydrogens is 226 g/mol. The van der Waals surface area contributed by atoms with Crippen LogP contribution >= 0.6 is 11.8 Å². The fraction of sp³-hybridized carbons (Fsp3) is 0.333. The maximum Gasteiger partial charge on any atom is 0.0374 e. The van der Waals surface area contributed by atoms with Gasteiger partial charge in [0.1, 0.15) is 0 Å². The Labute approximate surface area is 107 Å². The van der Waals surface area contributed by atoms with Crippen LogP contribution in [-0.4, -0.2) is 12.3 Å². The van der Waals surface area contributed by atoms with Gasteiger partial charge in [-0.3, -0.25) is 0 Å². The monoisotopic (exact) mass is 243 g/mol. The highest BCUT2D eigenvalue weighted by Crippen LogP contribution is 2.29. The first-order valence-electron chi connectivity index (χ1n) is 6.27. The van der Waals surface area contributed by atoms with Crippen LogP contribution in [0.4, 0.5) is 5.69 Å². The summed E-state index contributed by atoms with van der Waals surface area (Å²) in [7, 11) is 0. The van der Waals surface area contributed by atoms with Crippen LogP contribution in [0.25, 0.3) is 0 Å². The second-order valence-electron chi connectivity index (χ2n) is 4.54. The molecule has 1 aliphatic carbocycles. The van der Waals surface area contributed by atoms with Crippen molar-refractivity contribution in [3.63, 3.8) is 0 Å². The largest absolute Gasteiger partial charge is 0.384 e. The molecule has 1 N–H and O–H groups in total. The number of rotatable bonds is 3. The quantitative estimate of drug-likeness (QED) is 0.805. The second-order valence-corrected chi connectivity index (χ2v) is 5.59. The van der Waals surface area contributed by atoms with Crippen LogP contribution < -0.4 is 5.32 Å². The maximum atomic E-state index is 3.40. The molecular formula is C15H17NS. The Morgan fingerprint density at radius 1 is 1.24 bits per heavy atom. The lowest BCUT2D eigenvalue weighted by atomic mass is 10.1. The van der Waals surface area contributed by atoms with Crippen LogP contribution in [0.2, 0.25) is 0 Å². The Bertz CT molecular complexity index is 474. The van der Waals surface area contributed by atoms with Crippen molar-refractivity contribution in [2.75, 3.05) is 17.6 Å². The van der Waals surface area contributed by atoms with E-state index in [9.17, 15) is 0 Å². The first kappa shape index (κ1) is 11.0. The third kappa shape index (κ3) is 2.58. The number of benzene rings is 1. The van der Waals surface area contributed by atoms with Gasteiger partial charge in [-0.25, -0.2) is 0 Å². The van der Waals surface area contributed by atoms with Crippen LogP contribution in [0.1, 0.15) is 18.4 Å². The summed E-state index contributed by atoms with van der Waals surface area (Å²) in [6.45, 7) is 1.09. The molecule has 2 heteroatoms.